The van der Waals surface area contributed by atoms with Gasteiger partial charge in [0.2, 0.25) is 11.8 Å². The maximum atomic E-state index is 12.0. The Morgan fingerprint density at radius 2 is 1.22 bits per heavy atom. The van der Waals surface area contributed by atoms with Crippen LogP contribution in [0.3, 0.4) is 0 Å². The van der Waals surface area contributed by atoms with E-state index in [4.69, 9.17) is 0 Å². The zero-order valence-corrected chi connectivity index (χ0v) is 16.3. The average molecular weight is 410 g/mol. The fraction of sp³-hybridized carbons (Fsp3) is 0.294. The van der Waals surface area contributed by atoms with Gasteiger partial charge in [-0.25, -0.2) is 9.59 Å². The van der Waals surface area contributed by atoms with Crippen molar-refractivity contribution >= 4 is 57.8 Å². The van der Waals surface area contributed by atoms with Crippen LogP contribution < -0.4 is 10.6 Å². The van der Waals surface area contributed by atoms with Crippen molar-refractivity contribution in [2.45, 2.75) is 19.3 Å². The maximum absolute atomic E-state index is 12.0. The van der Waals surface area contributed by atoms with Gasteiger partial charge in [0.25, 0.3) is 0 Å². The molecule has 0 atom stereocenters. The lowest BCUT2D eigenvalue weighted by Gasteiger charge is -2.07. The minimum absolute atomic E-state index is 0.109. The standard InChI is InChI=1S/C17H18N2O6S2/c1-24-16(22)14-10(6-8-26-14)18-12(20)4-3-5-13(21)19-11-7-9-27-15(11)17(23)25-2/h6-9H,3-5H2,1-2H3,(H,18,20)(H,19,21). The second-order valence-corrected chi connectivity index (χ2v) is 7.09. The molecule has 144 valence electrons. The molecule has 0 aromatic carbocycles. The summed E-state index contributed by atoms with van der Waals surface area (Å²) in [4.78, 5) is 47.8. The van der Waals surface area contributed by atoms with E-state index in [9.17, 15) is 19.2 Å². The predicted octanol–water partition coefficient (Wildman–Crippen LogP) is 3.13. The zero-order valence-electron chi connectivity index (χ0n) is 14.7. The van der Waals surface area contributed by atoms with Gasteiger partial charge in [0, 0.05) is 12.8 Å². The Kier molecular flexibility index (Phi) is 7.50. The molecule has 2 N–H and O–H groups in total. The summed E-state index contributed by atoms with van der Waals surface area (Å²) in [5.41, 5.74) is 0.782. The van der Waals surface area contributed by atoms with Crippen molar-refractivity contribution in [1.29, 1.82) is 0 Å². The number of rotatable bonds is 8. The van der Waals surface area contributed by atoms with Gasteiger partial charge in [0.05, 0.1) is 25.6 Å². The third kappa shape index (κ3) is 5.63. The predicted molar refractivity (Wildman–Crippen MR) is 102 cm³/mol. The minimum Gasteiger partial charge on any atom is -0.465 e. The number of thiophene rings is 2. The molecule has 0 spiro atoms. The summed E-state index contributed by atoms with van der Waals surface area (Å²) in [7, 11) is 2.54. The van der Waals surface area contributed by atoms with Crippen molar-refractivity contribution in [2.75, 3.05) is 24.9 Å². The van der Waals surface area contributed by atoms with Crippen molar-refractivity contribution in [3.8, 4) is 0 Å². The highest BCUT2D eigenvalue weighted by Gasteiger charge is 2.17. The first-order chi connectivity index (χ1) is 13.0. The van der Waals surface area contributed by atoms with E-state index in [-0.39, 0.29) is 24.7 Å². The number of carbonyl (C=O) groups is 4. The van der Waals surface area contributed by atoms with E-state index < -0.39 is 11.9 Å². The molecule has 27 heavy (non-hydrogen) atoms. The average Bonchev–Trinajstić information content (AvgIpc) is 3.29. The van der Waals surface area contributed by atoms with E-state index in [2.05, 4.69) is 20.1 Å². The molecular weight excluding hydrogens is 392 g/mol. The van der Waals surface area contributed by atoms with Crippen molar-refractivity contribution in [2.24, 2.45) is 0 Å². The minimum atomic E-state index is -0.517. The molecule has 10 heteroatoms. The number of carbonyl (C=O) groups excluding carboxylic acids is 4. The van der Waals surface area contributed by atoms with E-state index in [1.807, 2.05) is 0 Å². The smallest absolute Gasteiger partial charge is 0.350 e. The topological polar surface area (TPSA) is 111 Å². The number of methoxy groups -OCH3 is 2. The fourth-order valence-electron chi connectivity index (χ4n) is 2.15. The highest BCUT2D eigenvalue weighted by molar-refractivity contribution is 7.13. The first-order valence-corrected chi connectivity index (χ1v) is 9.63. The van der Waals surface area contributed by atoms with E-state index in [1.165, 1.54) is 36.9 Å². The number of esters is 2. The molecule has 0 aliphatic heterocycles. The van der Waals surface area contributed by atoms with Crippen molar-refractivity contribution < 1.29 is 28.7 Å². The fourth-order valence-corrected chi connectivity index (χ4v) is 3.68. The largest absolute Gasteiger partial charge is 0.465 e. The Morgan fingerprint density at radius 1 is 0.815 bits per heavy atom. The van der Waals surface area contributed by atoms with Gasteiger partial charge < -0.3 is 20.1 Å². The van der Waals surface area contributed by atoms with Crippen LogP contribution in [0.4, 0.5) is 11.4 Å². The van der Waals surface area contributed by atoms with Crippen LogP contribution in [0, 0.1) is 0 Å². The Bertz CT molecular complexity index is 774. The van der Waals surface area contributed by atoms with Gasteiger partial charge in [-0.15, -0.1) is 22.7 Å². The van der Waals surface area contributed by atoms with Gasteiger partial charge >= 0.3 is 11.9 Å². The van der Waals surface area contributed by atoms with Crippen LogP contribution in [-0.2, 0) is 19.1 Å². The molecule has 0 aliphatic rings. The van der Waals surface area contributed by atoms with Gasteiger partial charge in [-0.1, -0.05) is 0 Å². The molecule has 2 aromatic rings. The van der Waals surface area contributed by atoms with Crippen LogP contribution in [-0.4, -0.2) is 38.0 Å². The number of hydrogen-bond acceptors (Lipinski definition) is 8. The molecule has 0 bridgehead atoms. The summed E-state index contributed by atoms with van der Waals surface area (Å²) < 4.78 is 9.30. The van der Waals surface area contributed by atoms with E-state index in [0.29, 0.717) is 27.5 Å². The van der Waals surface area contributed by atoms with E-state index >= 15 is 0 Å². The summed E-state index contributed by atoms with van der Waals surface area (Å²) in [6.45, 7) is 0. The number of anilines is 2. The summed E-state index contributed by atoms with van der Waals surface area (Å²) in [6.07, 6.45) is 0.530. The highest BCUT2D eigenvalue weighted by Crippen LogP contribution is 2.24. The van der Waals surface area contributed by atoms with Gasteiger partial charge in [-0.05, 0) is 29.3 Å². The summed E-state index contributed by atoms with van der Waals surface area (Å²) in [6, 6.07) is 3.23. The van der Waals surface area contributed by atoms with Gasteiger partial charge in [-0.2, -0.15) is 0 Å². The third-order valence-electron chi connectivity index (χ3n) is 3.43. The van der Waals surface area contributed by atoms with Crippen LogP contribution in [0.25, 0.3) is 0 Å². The van der Waals surface area contributed by atoms with E-state index in [1.54, 1.807) is 22.9 Å². The molecule has 2 aromatic heterocycles. The number of amides is 2. The molecular formula is C17H18N2O6S2. The van der Waals surface area contributed by atoms with Crippen LogP contribution in [0.2, 0.25) is 0 Å². The van der Waals surface area contributed by atoms with Crippen LogP contribution in [0.5, 0.6) is 0 Å². The summed E-state index contributed by atoms with van der Waals surface area (Å²) in [5, 5.41) is 8.62. The quantitative estimate of drug-likeness (QED) is 0.647. The van der Waals surface area contributed by atoms with Gasteiger partial charge in [0.1, 0.15) is 9.75 Å². The monoisotopic (exact) mass is 410 g/mol. The number of hydrogen-bond donors (Lipinski definition) is 2. The molecule has 0 saturated carbocycles. The summed E-state index contributed by atoms with van der Waals surface area (Å²) in [5.74, 6) is -1.65. The first-order valence-electron chi connectivity index (χ1n) is 7.87. The second-order valence-electron chi connectivity index (χ2n) is 5.26. The third-order valence-corrected chi connectivity index (χ3v) is 5.22. The van der Waals surface area contributed by atoms with Crippen molar-refractivity contribution in [3.05, 3.63) is 32.6 Å². The highest BCUT2D eigenvalue weighted by atomic mass is 32.1. The number of nitrogens with one attached hydrogen (secondary N) is 2. The molecule has 0 saturated heterocycles. The molecule has 0 radical (unpaired) electrons. The lowest BCUT2D eigenvalue weighted by molar-refractivity contribution is -0.117. The molecule has 2 heterocycles. The molecule has 0 unspecified atom stereocenters. The lowest BCUT2D eigenvalue weighted by Crippen LogP contribution is -2.16. The van der Waals surface area contributed by atoms with Crippen LogP contribution in [0.1, 0.15) is 38.6 Å². The van der Waals surface area contributed by atoms with Crippen LogP contribution in [0.15, 0.2) is 22.9 Å². The molecule has 2 rings (SSSR count). The van der Waals surface area contributed by atoms with Crippen molar-refractivity contribution in [1.82, 2.24) is 0 Å². The first kappa shape index (κ1) is 20.6. The van der Waals surface area contributed by atoms with Gasteiger partial charge in [-0.3, -0.25) is 9.59 Å². The number of ether oxygens (including phenoxy) is 2. The molecule has 8 nitrogen and oxygen atoms in total. The Labute approximate surface area is 163 Å². The SMILES string of the molecule is COC(=O)c1sccc1NC(=O)CCCC(=O)Nc1ccsc1C(=O)OC. The van der Waals surface area contributed by atoms with Crippen molar-refractivity contribution in [3.63, 3.8) is 0 Å². The Balaban J connectivity index is 1.79. The Hall–Kier alpha value is -2.72. The van der Waals surface area contributed by atoms with Gasteiger partial charge in [0.15, 0.2) is 0 Å². The zero-order chi connectivity index (χ0) is 19.8. The lowest BCUT2D eigenvalue weighted by atomic mass is 10.2. The molecule has 0 aliphatic carbocycles. The maximum Gasteiger partial charge on any atom is 0.350 e. The normalized spacial score (nSPS) is 10.1. The van der Waals surface area contributed by atoms with E-state index in [0.717, 1.165) is 0 Å². The second kappa shape index (κ2) is 9.83. The Morgan fingerprint density at radius 3 is 1.59 bits per heavy atom. The molecule has 2 amide bonds. The summed E-state index contributed by atoms with van der Waals surface area (Å²) >= 11 is 2.34. The van der Waals surface area contributed by atoms with Crippen LogP contribution >= 0.6 is 22.7 Å². The molecule has 0 fully saturated rings.